The Balaban J connectivity index is 1.38. The maximum Gasteiger partial charge on any atom is 0.408 e. The number of nitrogens with one attached hydrogen (secondary N) is 1. The molecule has 4 aromatic rings. The summed E-state index contributed by atoms with van der Waals surface area (Å²) in [5.74, 6) is -0.700. The van der Waals surface area contributed by atoms with Crippen LogP contribution in [0.15, 0.2) is 72.9 Å². The number of carbonyl (C=O) groups is 1. The van der Waals surface area contributed by atoms with Crippen molar-refractivity contribution < 1.29 is 19.0 Å². The number of pyridine rings is 2. The van der Waals surface area contributed by atoms with Gasteiger partial charge in [-0.2, -0.15) is 0 Å². The molecule has 2 aliphatic rings. The van der Waals surface area contributed by atoms with Gasteiger partial charge in [-0.1, -0.05) is 66.2 Å². The van der Waals surface area contributed by atoms with Gasteiger partial charge in [0.15, 0.2) is 5.79 Å². The van der Waals surface area contributed by atoms with E-state index in [-0.39, 0.29) is 0 Å². The maximum absolute atomic E-state index is 12.8. The van der Waals surface area contributed by atoms with E-state index in [1.165, 1.54) is 0 Å². The highest BCUT2D eigenvalue weighted by Gasteiger charge is 2.62. The van der Waals surface area contributed by atoms with Crippen LogP contribution in [-0.2, 0) is 19.8 Å². The van der Waals surface area contributed by atoms with Gasteiger partial charge in [0.25, 0.3) is 0 Å². The topological polar surface area (TPSA) is 82.6 Å². The minimum absolute atomic E-state index is 0.418. The first-order chi connectivity index (χ1) is 18.7. The van der Waals surface area contributed by atoms with Crippen LogP contribution in [0.5, 0.6) is 0 Å². The molecule has 3 heterocycles. The zero-order valence-electron chi connectivity index (χ0n) is 22.2. The van der Waals surface area contributed by atoms with Crippen molar-refractivity contribution in [2.75, 3.05) is 13.2 Å². The Bertz CT molecular complexity index is 1520. The fourth-order valence-electron chi connectivity index (χ4n) is 5.42. The summed E-state index contributed by atoms with van der Waals surface area (Å²) in [6.45, 7) is 6.85. The van der Waals surface area contributed by atoms with E-state index >= 15 is 0 Å². The molecular formula is C31H30ClN3O4. The van der Waals surface area contributed by atoms with Crippen molar-refractivity contribution in [1.29, 1.82) is 0 Å². The number of alkyl carbamates (subject to hydrolysis) is 1. The minimum Gasteiger partial charge on any atom is -0.438 e. The van der Waals surface area contributed by atoms with Gasteiger partial charge in [0.05, 0.1) is 24.4 Å². The first-order valence-electron chi connectivity index (χ1n) is 13.1. The molecule has 0 radical (unpaired) electrons. The number of amides is 1. The molecule has 39 heavy (non-hydrogen) atoms. The lowest BCUT2D eigenvalue weighted by Gasteiger charge is -2.51. The maximum atomic E-state index is 12.8. The summed E-state index contributed by atoms with van der Waals surface area (Å²) in [5.41, 5.74) is 4.13. The van der Waals surface area contributed by atoms with Crippen LogP contribution in [0.3, 0.4) is 0 Å². The Kier molecular flexibility index (Phi) is 6.33. The lowest BCUT2D eigenvalue weighted by molar-refractivity contribution is -0.287. The zero-order valence-corrected chi connectivity index (χ0v) is 22.9. The molecule has 1 aliphatic carbocycles. The third kappa shape index (κ3) is 4.98. The number of benzene rings is 2. The van der Waals surface area contributed by atoms with Crippen molar-refractivity contribution in [2.45, 2.75) is 50.5 Å². The molecule has 2 aromatic carbocycles. The predicted molar refractivity (Wildman–Crippen MR) is 150 cm³/mol. The van der Waals surface area contributed by atoms with Crippen LogP contribution >= 0.6 is 11.6 Å². The van der Waals surface area contributed by atoms with Gasteiger partial charge in [-0.25, -0.2) is 14.8 Å². The van der Waals surface area contributed by atoms with Gasteiger partial charge in [-0.3, -0.25) is 0 Å². The second-order valence-electron chi connectivity index (χ2n) is 11.2. The van der Waals surface area contributed by atoms with E-state index in [0.29, 0.717) is 31.2 Å². The molecule has 1 spiro atoms. The molecule has 6 rings (SSSR count). The van der Waals surface area contributed by atoms with E-state index in [9.17, 15) is 4.79 Å². The van der Waals surface area contributed by atoms with Crippen LogP contribution in [0.4, 0.5) is 4.79 Å². The molecule has 1 amide bonds. The van der Waals surface area contributed by atoms with Crippen molar-refractivity contribution in [3.8, 4) is 22.4 Å². The Morgan fingerprint density at radius 1 is 0.974 bits per heavy atom. The second kappa shape index (κ2) is 9.59. The van der Waals surface area contributed by atoms with Gasteiger partial charge < -0.3 is 19.5 Å². The van der Waals surface area contributed by atoms with Crippen molar-refractivity contribution in [2.24, 2.45) is 0 Å². The lowest BCUT2D eigenvalue weighted by Crippen LogP contribution is -2.59. The van der Waals surface area contributed by atoms with Gasteiger partial charge >= 0.3 is 6.09 Å². The quantitative estimate of drug-likeness (QED) is 0.283. The Labute approximate surface area is 232 Å². The largest absolute Gasteiger partial charge is 0.438 e. The molecule has 0 atom stereocenters. The minimum atomic E-state index is -0.851. The highest BCUT2D eigenvalue weighted by atomic mass is 35.5. The number of halogens is 1. The van der Waals surface area contributed by atoms with Crippen LogP contribution in [0, 0.1) is 0 Å². The normalized spacial score (nSPS) is 17.6. The molecular weight excluding hydrogens is 514 g/mol. The van der Waals surface area contributed by atoms with E-state index in [1.54, 1.807) is 6.20 Å². The van der Waals surface area contributed by atoms with Crippen molar-refractivity contribution in [3.05, 3.63) is 83.6 Å². The van der Waals surface area contributed by atoms with Crippen LogP contribution in [0.1, 0.15) is 39.2 Å². The SMILES string of the molecule is CC(C)(C)NC(=O)OC1(c2ccc(-c3nc4ccnc(Cl)c4cc3-c3ccccc3)cc2)CC2(C1)OCCO2. The molecule has 1 saturated heterocycles. The van der Waals surface area contributed by atoms with Gasteiger partial charge in [0, 0.05) is 41.1 Å². The molecule has 0 bridgehead atoms. The van der Waals surface area contributed by atoms with Crippen LogP contribution in [0.25, 0.3) is 33.3 Å². The van der Waals surface area contributed by atoms with E-state index in [4.69, 9.17) is 30.8 Å². The molecule has 2 fully saturated rings. The molecule has 0 unspecified atom stereocenters. The summed E-state index contributed by atoms with van der Waals surface area (Å²) in [7, 11) is 0. The number of hydrogen-bond donors (Lipinski definition) is 1. The fourth-order valence-corrected chi connectivity index (χ4v) is 5.62. The highest BCUT2D eigenvalue weighted by molar-refractivity contribution is 6.34. The first kappa shape index (κ1) is 25.7. The predicted octanol–water partition coefficient (Wildman–Crippen LogP) is 6.87. The van der Waals surface area contributed by atoms with Crippen molar-refractivity contribution >= 4 is 28.6 Å². The first-order valence-corrected chi connectivity index (χ1v) is 13.4. The number of fused-ring (bicyclic) bond motifs is 1. The third-order valence-electron chi connectivity index (χ3n) is 7.15. The smallest absolute Gasteiger partial charge is 0.408 e. The van der Waals surface area contributed by atoms with E-state index in [1.807, 2.05) is 75.4 Å². The summed E-state index contributed by atoms with van der Waals surface area (Å²) in [6.07, 6.45) is 2.07. The number of hydrogen-bond acceptors (Lipinski definition) is 6. The van der Waals surface area contributed by atoms with Gasteiger partial charge in [-0.15, -0.1) is 0 Å². The average Bonchev–Trinajstić information content (AvgIpc) is 3.37. The summed E-state index contributed by atoms with van der Waals surface area (Å²) in [6, 6.07) is 22.0. The standard InChI is InChI=1S/C31H30ClN3O4/c1-29(2,3)35-28(36)39-30(18-31(19-30)37-15-16-38-31)22-11-9-21(10-12-22)26-23(20-7-5-4-6-8-20)17-24-25(34-26)13-14-33-27(24)32/h4-14,17H,15-16,18-19H2,1-3H3,(H,35,36). The lowest BCUT2D eigenvalue weighted by atomic mass is 9.69. The summed E-state index contributed by atoms with van der Waals surface area (Å²) in [5, 5.41) is 4.12. The zero-order chi connectivity index (χ0) is 27.3. The highest BCUT2D eigenvalue weighted by Crippen LogP contribution is 2.55. The van der Waals surface area contributed by atoms with Gasteiger partial charge in [-0.05, 0) is 44.0 Å². The number of ether oxygens (including phenoxy) is 3. The van der Waals surface area contributed by atoms with Crippen molar-refractivity contribution in [3.63, 3.8) is 0 Å². The Hall–Kier alpha value is -3.52. The molecule has 1 saturated carbocycles. The summed E-state index contributed by atoms with van der Waals surface area (Å²) in [4.78, 5) is 22.1. The Morgan fingerprint density at radius 2 is 1.67 bits per heavy atom. The van der Waals surface area contributed by atoms with Crippen LogP contribution in [-0.4, -0.2) is 40.6 Å². The fraction of sp³-hybridized carbons (Fsp3) is 0.323. The van der Waals surface area contributed by atoms with Gasteiger partial charge in [0.2, 0.25) is 0 Å². The molecule has 2 aromatic heterocycles. The number of aromatic nitrogens is 2. The second-order valence-corrected chi connectivity index (χ2v) is 11.6. The van der Waals surface area contributed by atoms with E-state index in [2.05, 4.69) is 22.4 Å². The molecule has 200 valence electrons. The Morgan fingerprint density at radius 3 is 2.33 bits per heavy atom. The monoisotopic (exact) mass is 543 g/mol. The molecule has 1 aliphatic heterocycles. The van der Waals surface area contributed by atoms with Gasteiger partial charge in [0.1, 0.15) is 10.8 Å². The third-order valence-corrected chi connectivity index (χ3v) is 7.45. The molecule has 8 heteroatoms. The molecule has 7 nitrogen and oxygen atoms in total. The number of rotatable bonds is 4. The summed E-state index contributed by atoms with van der Waals surface area (Å²) >= 11 is 6.42. The van der Waals surface area contributed by atoms with Crippen LogP contribution < -0.4 is 5.32 Å². The number of carbonyl (C=O) groups excluding carboxylic acids is 1. The summed E-state index contributed by atoms with van der Waals surface area (Å²) < 4.78 is 17.9. The number of nitrogens with zero attached hydrogens (tertiary/aromatic N) is 2. The molecule has 1 N–H and O–H groups in total. The van der Waals surface area contributed by atoms with Crippen molar-refractivity contribution in [1.82, 2.24) is 15.3 Å². The van der Waals surface area contributed by atoms with E-state index in [0.717, 1.165) is 38.9 Å². The average molecular weight is 544 g/mol. The van der Waals surface area contributed by atoms with E-state index < -0.39 is 23.0 Å². The van der Waals surface area contributed by atoms with Crippen LogP contribution in [0.2, 0.25) is 5.15 Å².